The molecule has 0 spiro atoms. The molecule has 0 saturated heterocycles. The van der Waals surface area contributed by atoms with Gasteiger partial charge >= 0.3 is 5.97 Å². The van der Waals surface area contributed by atoms with Crippen LogP contribution in [0.4, 0.5) is 5.69 Å². The maximum absolute atomic E-state index is 10.6. The number of carboxylic acids is 1. The van der Waals surface area contributed by atoms with Crippen molar-refractivity contribution < 1.29 is 9.90 Å². The normalized spacial score (nSPS) is 10.4. The van der Waals surface area contributed by atoms with Gasteiger partial charge in [0.05, 0.1) is 12.7 Å². The topological polar surface area (TPSA) is 80.0 Å². The fourth-order valence-corrected chi connectivity index (χ4v) is 2.19. The summed E-state index contributed by atoms with van der Waals surface area (Å²) in [5, 5.41) is 19.2. The van der Waals surface area contributed by atoms with Gasteiger partial charge in [0, 0.05) is 20.3 Å². The fraction of sp³-hybridized carbons (Fsp3) is 0.182. The molecule has 1 aromatic carbocycles. The van der Waals surface area contributed by atoms with Crippen LogP contribution in [-0.4, -0.2) is 32.6 Å². The van der Waals surface area contributed by atoms with Crippen LogP contribution in [0.15, 0.2) is 28.9 Å². The van der Waals surface area contributed by atoms with Crippen LogP contribution in [0.25, 0.3) is 0 Å². The molecule has 0 aliphatic rings. The summed E-state index contributed by atoms with van der Waals surface area (Å²) in [6.45, 7) is 1.19. The Morgan fingerprint density at radius 2 is 2.32 bits per heavy atom. The van der Waals surface area contributed by atoms with E-state index in [1.807, 2.05) is 18.2 Å². The molecule has 0 fully saturated rings. The van der Waals surface area contributed by atoms with Crippen LogP contribution in [0.5, 0.6) is 0 Å². The summed E-state index contributed by atoms with van der Waals surface area (Å²) in [5.74, 6) is -1.07. The van der Waals surface area contributed by atoms with Crippen LogP contribution in [0, 0.1) is 3.57 Å². The third-order valence-electron chi connectivity index (χ3n) is 2.35. The molecule has 2 N–H and O–H groups in total. The zero-order chi connectivity index (χ0) is 13.8. The first-order valence-electron chi connectivity index (χ1n) is 5.38. The molecule has 100 valence electrons. The molecule has 0 atom stereocenters. The van der Waals surface area contributed by atoms with Crippen molar-refractivity contribution in [2.24, 2.45) is 0 Å². The van der Waals surface area contributed by atoms with E-state index < -0.39 is 5.97 Å². The van der Waals surface area contributed by atoms with Gasteiger partial charge in [0.25, 0.3) is 0 Å². The van der Waals surface area contributed by atoms with Crippen molar-refractivity contribution in [2.45, 2.75) is 6.54 Å². The average Bonchev–Trinajstić information content (AvgIpc) is 2.83. The number of aromatic carboxylic acids is 1. The van der Waals surface area contributed by atoms with E-state index >= 15 is 0 Å². The molecule has 0 bridgehead atoms. The van der Waals surface area contributed by atoms with Crippen molar-refractivity contribution in [1.29, 1.82) is 0 Å². The van der Waals surface area contributed by atoms with E-state index in [1.165, 1.54) is 10.9 Å². The molecule has 1 heterocycles. The number of hydrogen-bond donors (Lipinski definition) is 2. The maximum Gasteiger partial charge on any atom is 0.358 e. The van der Waals surface area contributed by atoms with Crippen molar-refractivity contribution in [3.63, 3.8) is 0 Å². The molecule has 1 aromatic heterocycles. The number of rotatable bonds is 5. The number of nitrogens with one attached hydrogen (secondary N) is 1. The van der Waals surface area contributed by atoms with Crippen molar-refractivity contribution in [1.82, 2.24) is 15.0 Å². The first kappa shape index (κ1) is 14.3. The number of carbonyl (C=O) groups is 1. The second kappa shape index (κ2) is 6.33. The lowest BCUT2D eigenvalue weighted by molar-refractivity contribution is 0.0690. The monoisotopic (exact) mass is 436 g/mol. The zero-order valence-electron chi connectivity index (χ0n) is 9.68. The van der Waals surface area contributed by atoms with E-state index in [-0.39, 0.29) is 5.69 Å². The van der Waals surface area contributed by atoms with Crippen LogP contribution in [0.3, 0.4) is 0 Å². The van der Waals surface area contributed by atoms with Gasteiger partial charge in [0.2, 0.25) is 0 Å². The lowest BCUT2D eigenvalue weighted by Crippen LogP contribution is -2.11. The molecule has 0 aliphatic carbocycles. The summed E-state index contributed by atoms with van der Waals surface area (Å²) in [6.07, 6.45) is 1.41. The smallest absolute Gasteiger partial charge is 0.358 e. The molecule has 8 heteroatoms. The highest BCUT2D eigenvalue weighted by atomic mass is 127. The van der Waals surface area contributed by atoms with E-state index in [1.54, 1.807) is 0 Å². The Morgan fingerprint density at radius 3 is 2.95 bits per heavy atom. The lowest BCUT2D eigenvalue weighted by atomic mass is 10.3. The average molecular weight is 437 g/mol. The van der Waals surface area contributed by atoms with Crippen LogP contribution >= 0.6 is 38.5 Å². The van der Waals surface area contributed by atoms with Crippen LogP contribution in [0.1, 0.15) is 10.5 Å². The SMILES string of the molecule is O=C(O)c1cn(CCNc2ccc(Br)c(I)c2)nn1. The Morgan fingerprint density at radius 1 is 1.53 bits per heavy atom. The minimum atomic E-state index is -1.07. The number of benzene rings is 1. The minimum absolute atomic E-state index is 0.0433. The number of hydrogen-bond acceptors (Lipinski definition) is 4. The Labute approximate surface area is 131 Å². The Hall–Kier alpha value is -1.16. The van der Waals surface area contributed by atoms with E-state index in [0.29, 0.717) is 13.1 Å². The lowest BCUT2D eigenvalue weighted by Gasteiger charge is -2.07. The number of aromatic nitrogens is 3. The van der Waals surface area contributed by atoms with E-state index in [4.69, 9.17) is 5.11 Å². The number of anilines is 1. The van der Waals surface area contributed by atoms with Crippen LogP contribution in [-0.2, 0) is 6.54 Å². The summed E-state index contributed by atoms with van der Waals surface area (Å²) in [7, 11) is 0. The van der Waals surface area contributed by atoms with Crippen molar-refractivity contribution >= 4 is 50.2 Å². The number of halogens is 2. The summed E-state index contributed by atoms with van der Waals surface area (Å²) >= 11 is 5.68. The largest absolute Gasteiger partial charge is 0.476 e. The van der Waals surface area contributed by atoms with Gasteiger partial charge in [-0.2, -0.15) is 0 Å². The Bertz CT molecular complexity index is 602. The fourth-order valence-electron chi connectivity index (χ4n) is 1.43. The van der Waals surface area contributed by atoms with Gasteiger partial charge in [-0.3, -0.25) is 0 Å². The van der Waals surface area contributed by atoms with Gasteiger partial charge in [-0.05, 0) is 56.7 Å². The van der Waals surface area contributed by atoms with E-state index in [2.05, 4.69) is 54.1 Å². The number of carboxylic acid groups (broad SMARTS) is 1. The molecule has 0 radical (unpaired) electrons. The zero-order valence-corrected chi connectivity index (χ0v) is 13.4. The second-order valence-corrected chi connectivity index (χ2v) is 5.74. The quantitative estimate of drug-likeness (QED) is 0.704. The first-order valence-corrected chi connectivity index (χ1v) is 7.26. The second-order valence-electron chi connectivity index (χ2n) is 3.73. The summed E-state index contributed by atoms with van der Waals surface area (Å²) in [6, 6.07) is 5.97. The summed E-state index contributed by atoms with van der Waals surface area (Å²) in [4.78, 5) is 10.6. The maximum atomic E-state index is 10.6. The molecule has 6 nitrogen and oxygen atoms in total. The third kappa shape index (κ3) is 3.90. The molecular weight excluding hydrogens is 427 g/mol. The molecule has 2 rings (SSSR count). The van der Waals surface area contributed by atoms with Crippen LogP contribution in [0.2, 0.25) is 0 Å². The molecule has 2 aromatic rings. The highest BCUT2D eigenvalue weighted by Crippen LogP contribution is 2.22. The van der Waals surface area contributed by atoms with Gasteiger partial charge in [0.1, 0.15) is 0 Å². The highest BCUT2D eigenvalue weighted by molar-refractivity contribution is 14.1. The minimum Gasteiger partial charge on any atom is -0.476 e. The van der Waals surface area contributed by atoms with Crippen molar-refractivity contribution in [3.05, 3.63) is 38.1 Å². The highest BCUT2D eigenvalue weighted by Gasteiger charge is 2.07. The molecule has 0 aliphatic heterocycles. The van der Waals surface area contributed by atoms with Crippen LogP contribution < -0.4 is 5.32 Å². The Kier molecular flexibility index (Phi) is 4.75. The van der Waals surface area contributed by atoms with Gasteiger partial charge in [-0.15, -0.1) is 5.10 Å². The van der Waals surface area contributed by atoms with E-state index in [9.17, 15) is 4.79 Å². The van der Waals surface area contributed by atoms with Gasteiger partial charge < -0.3 is 10.4 Å². The molecule has 0 saturated carbocycles. The van der Waals surface area contributed by atoms with Gasteiger partial charge in [0.15, 0.2) is 5.69 Å². The van der Waals surface area contributed by atoms with E-state index in [0.717, 1.165) is 13.7 Å². The predicted octanol–water partition coefficient (Wildman–Crippen LogP) is 2.46. The molecular formula is C11H10BrIN4O2. The molecule has 19 heavy (non-hydrogen) atoms. The molecule has 0 unspecified atom stereocenters. The summed E-state index contributed by atoms with van der Waals surface area (Å²) in [5.41, 5.74) is 0.962. The standard InChI is InChI=1S/C11H10BrIN4O2/c12-8-2-1-7(5-9(8)13)14-3-4-17-6-10(11(18)19)15-16-17/h1-2,5-6,14H,3-4H2,(H,18,19). The first-order chi connectivity index (χ1) is 9.06. The van der Waals surface area contributed by atoms with Crippen molar-refractivity contribution in [3.8, 4) is 0 Å². The number of nitrogens with zero attached hydrogens (tertiary/aromatic N) is 3. The summed E-state index contributed by atoms with van der Waals surface area (Å²) < 4.78 is 3.68. The van der Waals surface area contributed by atoms with Gasteiger partial charge in [-0.1, -0.05) is 5.21 Å². The molecule has 0 amide bonds. The predicted molar refractivity (Wildman–Crippen MR) is 82.3 cm³/mol. The van der Waals surface area contributed by atoms with Gasteiger partial charge in [-0.25, -0.2) is 9.48 Å². The van der Waals surface area contributed by atoms with Crippen molar-refractivity contribution in [2.75, 3.05) is 11.9 Å². The third-order valence-corrected chi connectivity index (χ3v) is 4.67. The Balaban J connectivity index is 1.88.